The van der Waals surface area contributed by atoms with Gasteiger partial charge in [-0.3, -0.25) is 4.79 Å². The Morgan fingerprint density at radius 3 is 2.78 bits per heavy atom. The summed E-state index contributed by atoms with van der Waals surface area (Å²) >= 11 is 0. The fourth-order valence-electron chi connectivity index (χ4n) is 2.46. The van der Waals surface area contributed by atoms with Crippen LogP contribution in [-0.4, -0.2) is 32.4 Å². The van der Waals surface area contributed by atoms with Crippen molar-refractivity contribution in [2.24, 2.45) is 0 Å². The molecule has 0 unspecified atom stereocenters. The molecule has 0 bridgehead atoms. The normalized spacial score (nSPS) is 17.7. The number of carbonyl (C=O) groups is 1. The average Bonchev–Trinajstić information content (AvgIpc) is 2.61. The molecule has 0 saturated carbocycles. The molecular weight excluding hydrogens is 294 g/mol. The van der Waals surface area contributed by atoms with Crippen LogP contribution in [0.15, 0.2) is 24.9 Å². The summed E-state index contributed by atoms with van der Waals surface area (Å²) in [5, 5.41) is 2.82. The van der Waals surface area contributed by atoms with Crippen LogP contribution < -0.4 is 5.32 Å². The monoisotopic (exact) mass is 313 g/mol. The van der Waals surface area contributed by atoms with Gasteiger partial charge in [0.15, 0.2) is 5.82 Å². The predicted molar refractivity (Wildman–Crippen MR) is 82.5 cm³/mol. The molecule has 1 fully saturated rings. The van der Waals surface area contributed by atoms with Crippen molar-refractivity contribution in [1.82, 2.24) is 25.3 Å². The zero-order chi connectivity index (χ0) is 16.1. The lowest BCUT2D eigenvalue weighted by atomic mass is 10.1. The van der Waals surface area contributed by atoms with Crippen molar-refractivity contribution >= 4 is 5.91 Å². The fourth-order valence-corrected chi connectivity index (χ4v) is 2.46. The van der Waals surface area contributed by atoms with Gasteiger partial charge in [-0.05, 0) is 26.2 Å². The number of nitrogens with zero attached hydrogens (tertiary/aromatic N) is 4. The Hall–Kier alpha value is -2.41. The number of aryl methyl sites for hydroxylation is 1. The number of ether oxygens (including phenoxy) is 1. The van der Waals surface area contributed by atoms with E-state index in [-0.39, 0.29) is 12.0 Å². The van der Waals surface area contributed by atoms with Crippen LogP contribution in [0.2, 0.25) is 0 Å². The number of hydrogen-bond donors (Lipinski definition) is 1. The van der Waals surface area contributed by atoms with E-state index in [1.165, 1.54) is 12.5 Å². The van der Waals surface area contributed by atoms with E-state index < -0.39 is 0 Å². The van der Waals surface area contributed by atoms with E-state index in [9.17, 15) is 4.79 Å². The molecule has 1 aliphatic rings. The Morgan fingerprint density at radius 1 is 1.26 bits per heavy atom. The molecule has 2 aromatic heterocycles. The molecule has 7 nitrogen and oxygen atoms in total. The minimum Gasteiger partial charge on any atom is -0.370 e. The van der Waals surface area contributed by atoms with Gasteiger partial charge < -0.3 is 10.1 Å². The van der Waals surface area contributed by atoms with Crippen molar-refractivity contribution in [2.45, 2.75) is 38.8 Å². The Morgan fingerprint density at radius 2 is 2.09 bits per heavy atom. The third-order valence-electron chi connectivity index (χ3n) is 3.80. The summed E-state index contributed by atoms with van der Waals surface area (Å²) in [4.78, 5) is 28.7. The Labute approximate surface area is 134 Å². The van der Waals surface area contributed by atoms with Crippen LogP contribution in [-0.2, 0) is 11.3 Å². The van der Waals surface area contributed by atoms with E-state index in [4.69, 9.17) is 4.74 Å². The highest BCUT2D eigenvalue weighted by molar-refractivity contribution is 5.94. The SMILES string of the molecule is Cc1ncncc1C(=O)NCc1cnc([C@@H]2CCCCO2)nc1. The molecule has 1 aliphatic heterocycles. The maximum Gasteiger partial charge on any atom is 0.254 e. The number of carbonyl (C=O) groups excluding carboxylic acids is 1. The minimum absolute atomic E-state index is 0.00323. The van der Waals surface area contributed by atoms with Crippen LogP contribution in [0.25, 0.3) is 0 Å². The maximum absolute atomic E-state index is 12.1. The molecule has 0 spiro atoms. The standard InChI is InChI=1S/C16H19N5O2/c1-11-13(9-17-10-21-11)16(22)20-8-12-6-18-15(19-7-12)14-4-2-3-5-23-14/h6-7,9-10,14H,2-5,8H2,1H3,(H,20,22)/t14-/m0/s1. The molecule has 7 heteroatoms. The van der Waals surface area contributed by atoms with Gasteiger partial charge in [-0.1, -0.05) is 0 Å². The van der Waals surface area contributed by atoms with E-state index in [0.717, 1.165) is 31.4 Å². The van der Waals surface area contributed by atoms with Crippen LogP contribution in [0.5, 0.6) is 0 Å². The molecular formula is C16H19N5O2. The second kappa shape index (κ2) is 7.23. The molecule has 23 heavy (non-hydrogen) atoms. The van der Waals surface area contributed by atoms with E-state index >= 15 is 0 Å². The van der Waals surface area contributed by atoms with Crippen molar-refractivity contribution in [2.75, 3.05) is 6.61 Å². The molecule has 3 rings (SSSR count). The highest BCUT2D eigenvalue weighted by atomic mass is 16.5. The molecule has 0 aromatic carbocycles. The van der Waals surface area contributed by atoms with Crippen LogP contribution >= 0.6 is 0 Å². The Balaban J connectivity index is 1.58. The van der Waals surface area contributed by atoms with Gasteiger partial charge in [-0.25, -0.2) is 19.9 Å². The van der Waals surface area contributed by atoms with E-state index in [2.05, 4.69) is 25.3 Å². The molecule has 3 heterocycles. The first-order chi connectivity index (χ1) is 11.2. The summed E-state index contributed by atoms with van der Waals surface area (Å²) in [7, 11) is 0. The predicted octanol–water partition coefficient (Wildman–Crippen LogP) is 1.75. The van der Waals surface area contributed by atoms with Crippen molar-refractivity contribution in [3.05, 3.63) is 47.6 Å². The fraction of sp³-hybridized carbons (Fsp3) is 0.438. The van der Waals surface area contributed by atoms with Crippen molar-refractivity contribution in [3.8, 4) is 0 Å². The molecule has 1 saturated heterocycles. The molecule has 2 aromatic rings. The lowest BCUT2D eigenvalue weighted by molar-refractivity contribution is 0.00940. The molecule has 1 amide bonds. The summed E-state index contributed by atoms with van der Waals surface area (Å²) in [5.74, 6) is 0.509. The van der Waals surface area contributed by atoms with Gasteiger partial charge in [0.1, 0.15) is 12.4 Å². The highest BCUT2D eigenvalue weighted by Crippen LogP contribution is 2.24. The minimum atomic E-state index is -0.206. The molecule has 1 atom stereocenters. The van der Waals surface area contributed by atoms with Gasteiger partial charge in [-0.15, -0.1) is 0 Å². The molecule has 0 radical (unpaired) electrons. The lowest BCUT2D eigenvalue weighted by Gasteiger charge is -2.21. The Bertz CT molecular complexity index is 668. The van der Waals surface area contributed by atoms with Crippen LogP contribution in [0.3, 0.4) is 0 Å². The zero-order valence-corrected chi connectivity index (χ0v) is 13.0. The first-order valence-corrected chi connectivity index (χ1v) is 7.71. The zero-order valence-electron chi connectivity index (χ0n) is 13.0. The topological polar surface area (TPSA) is 89.9 Å². The van der Waals surface area contributed by atoms with Gasteiger partial charge in [-0.2, -0.15) is 0 Å². The highest BCUT2D eigenvalue weighted by Gasteiger charge is 2.18. The number of hydrogen-bond acceptors (Lipinski definition) is 6. The lowest BCUT2D eigenvalue weighted by Crippen LogP contribution is -2.24. The summed E-state index contributed by atoms with van der Waals surface area (Å²) in [5.41, 5.74) is 1.96. The van der Waals surface area contributed by atoms with Crippen LogP contribution in [0, 0.1) is 6.92 Å². The van der Waals surface area contributed by atoms with E-state index in [1.54, 1.807) is 19.3 Å². The van der Waals surface area contributed by atoms with E-state index in [1.807, 2.05) is 0 Å². The van der Waals surface area contributed by atoms with Gasteiger partial charge in [0, 0.05) is 37.3 Å². The second-order valence-electron chi connectivity index (χ2n) is 5.51. The van der Waals surface area contributed by atoms with Gasteiger partial charge in [0.25, 0.3) is 5.91 Å². The second-order valence-corrected chi connectivity index (χ2v) is 5.51. The summed E-state index contributed by atoms with van der Waals surface area (Å²) in [6, 6.07) is 0. The smallest absolute Gasteiger partial charge is 0.254 e. The summed E-state index contributed by atoms with van der Waals surface area (Å²) in [6.07, 6.45) is 9.60. The third-order valence-corrected chi connectivity index (χ3v) is 3.80. The third kappa shape index (κ3) is 3.87. The molecule has 1 N–H and O–H groups in total. The summed E-state index contributed by atoms with van der Waals surface area (Å²) < 4.78 is 5.66. The molecule has 0 aliphatic carbocycles. The Kier molecular flexibility index (Phi) is 4.87. The number of rotatable bonds is 4. The quantitative estimate of drug-likeness (QED) is 0.925. The molecule has 120 valence electrons. The van der Waals surface area contributed by atoms with Crippen LogP contribution in [0.1, 0.15) is 52.8 Å². The van der Waals surface area contributed by atoms with Crippen molar-refractivity contribution in [1.29, 1.82) is 0 Å². The maximum atomic E-state index is 12.1. The number of aromatic nitrogens is 4. The van der Waals surface area contributed by atoms with Gasteiger partial charge >= 0.3 is 0 Å². The largest absolute Gasteiger partial charge is 0.370 e. The van der Waals surface area contributed by atoms with Gasteiger partial charge in [0.05, 0.1) is 11.3 Å². The van der Waals surface area contributed by atoms with Gasteiger partial charge in [0.2, 0.25) is 0 Å². The summed E-state index contributed by atoms with van der Waals surface area (Å²) in [6.45, 7) is 2.90. The number of amides is 1. The average molecular weight is 313 g/mol. The van der Waals surface area contributed by atoms with Crippen LogP contribution in [0.4, 0.5) is 0 Å². The van der Waals surface area contributed by atoms with E-state index in [0.29, 0.717) is 23.6 Å². The number of nitrogens with one attached hydrogen (secondary N) is 1. The first-order valence-electron chi connectivity index (χ1n) is 7.71. The first kappa shape index (κ1) is 15.5. The van der Waals surface area contributed by atoms with Crippen molar-refractivity contribution < 1.29 is 9.53 Å². The van der Waals surface area contributed by atoms with Crippen molar-refractivity contribution in [3.63, 3.8) is 0 Å².